The third-order valence-corrected chi connectivity index (χ3v) is 3.30. The number of nitrogens with zero attached hydrogens (tertiary/aromatic N) is 2. The van der Waals surface area contributed by atoms with Crippen LogP contribution in [0.1, 0.15) is 24.2 Å². The van der Waals surface area contributed by atoms with Crippen LogP contribution < -0.4 is 5.32 Å². The van der Waals surface area contributed by atoms with Crippen LogP contribution in [0.15, 0.2) is 42.6 Å². The van der Waals surface area contributed by atoms with Gasteiger partial charge in [-0.05, 0) is 25.5 Å². The molecule has 0 fully saturated rings. The van der Waals surface area contributed by atoms with Crippen LogP contribution in [-0.2, 0) is 0 Å². The highest BCUT2D eigenvalue weighted by Gasteiger charge is 2.11. The largest absolute Gasteiger partial charge is 0.363 e. The molecule has 0 unspecified atom stereocenters. The second kappa shape index (κ2) is 5.96. The van der Waals surface area contributed by atoms with Gasteiger partial charge in [-0.1, -0.05) is 30.3 Å². The highest BCUT2D eigenvalue weighted by Crippen LogP contribution is 2.25. The monoisotopic (exact) mass is 286 g/mol. The van der Waals surface area contributed by atoms with Gasteiger partial charge < -0.3 is 5.32 Å². The lowest BCUT2D eigenvalue weighted by Gasteiger charge is -2.15. The fourth-order valence-electron chi connectivity index (χ4n) is 2.25. The molecule has 0 spiro atoms. The minimum atomic E-state index is 0. The molecule has 0 saturated carbocycles. The quantitative estimate of drug-likeness (QED) is 0.774. The Morgan fingerprint density at radius 3 is 2.65 bits per heavy atom. The number of hydrogen-bond acceptors (Lipinski definition) is 3. The van der Waals surface area contributed by atoms with Gasteiger partial charge in [-0.25, -0.2) is 4.98 Å². The molecule has 4 nitrogen and oxygen atoms in total. The summed E-state index contributed by atoms with van der Waals surface area (Å²) in [6, 6.07) is 12.5. The summed E-state index contributed by atoms with van der Waals surface area (Å²) in [4.78, 5) is 4.43. The number of H-pyrrole nitrogens is 1. The van der Waals surface area contributed by atoms with Crippen molar-refractivity contribution in [3.05, 3.63) is 53.9 Å². The summed E-state index contributed by atoms with van der Waals surface area (Å²) in [5, 5.41) is 11.8. The molecule has 0 aliphatic carbocycles. The fourth-order valence-corrected chi connectivity index (χ4v) is 2.25. The number of aromatic nitrogens is 3. The van der Waals surface area contributed by atoms with Gasteiger partial charge in [0.25, 0.3) is 0 Å². The lowest BCUT2D eigenvalue weighted by molar-refractivity contribution is 0.877. The predicted octanol–water partition coefficient (Wildman–Crippen LogP) is 3.55. The molecule has 1 aromatic carbocycles. The van der Waals surface area contributed by atoms with E-state index in [2.05, 4.69) is 39.6 Å². The van der Waals surface area contributed by atoms with E-state index in [0.29, 0.717) is 0 Å². The van der Waals surface area contributed by atoms with E-state index in [1.807, 2.05) is 31.2 Å². The maximum absolute atomic E-state index is 4.43. The molecule has 3 rings (SSSR count). The van der Waals surface area contributed by atoms with Gasteiger partial charge in [-0.3, -0.25) is 5.10 Å². The normalized spacial score (nSPS) is 11.9. The highest BCUT2D eigenvalue weighted by atomic mass is 32.1. The number of benzene rings is 1. The van der Waals surface area contributed by atoms with Crippen molar-refractivity contribution in [1.29, 1.82) is 0 Å². The summed E-state index contributed by atoms with van der Waals surface area (Å²) in [5.41, 5.74) is 3.21. The maximum atomic E-state index is 4.43. The van der Waals surface area contributed by atoms with Gasteiger partial charge in [-0.15, -0.1) is 0 Å². The molecule has 2 aromatic heterocycles. The first-order valence-corrected chi connectivity index (χ1v) is 6.37. The highest BCUT2D eigenvalue weighted by molar-refractivity contribution is 7.59. The predicted molar refractivity (Wildman–Crippen MR) is 87.5 cm³/mol. The van der Waals surface area contributed by atoms with Crippen molar-refractivity contribution in [2.45, 2.75) is 19.9 Å². The molecule has 0 saturated heterocycles. The van der Waals surface area contributed by atoms with E-state index in [1.54, 1.807) is 6.20 Å². The van der Waals surface area contributed by atoms with Crippen LogP contribution in [0.5, 0.6) is 0 Å². The molecule has 0 aliphatic heterocycles. The van der Waals surface area contributed by atoms with Crippen molar-refractivity contribution >= 4 is 30.2 Å². The van der Waals surface area contributed by atoms with E-state index in [9.17, 15) is 0 Å². The first-order chi connectivity index (χ1) is 9.25. The molecule has 104 valence electrons. The van der Waals surface area contributed by atoms with Crippen molar-refractivity contribution in [2.24, 2.45) is 0 Å². The van der Waals surface area contributed by atoms with Gasteiger partial charge in [0, 0.05) is 17.9 Å². The van der Waals surface area contributed by atoms with Crippen molar-refractivity contribution in [3.8, 4) is 0 Å². The molecule has 5 heteroatoms. The smallest absolute Gasteiger partial charge is 0.137 e. The summed E-state index contributed by atoms with van der Waals surface area (Å²) in [5.74, 6) is 0.875. The zero-order valence-electron chi connectivity index (χ0n) is 11.5. The van der Waals surface area contributed by atoms with E-state index >= 15 is 0 Å². The van der Waals surface area contributed by atoms with E-state index in [4.69, 9.17) is 0 Å². The number of rotatable bonds is 3. The number of nitrogens with one attached hydrogen (secondary N) is 2. The Labute approximate surface area is 125 Å². The number of anilines is 1. The van der Waals surface area contributed by atoms with Crippen LogP contribution in [-0.4, -0.2) is 15.2 Å². The van der Waals surface area contributed by atoms with Gasteiger partial charge in [0.2, 0.25) is 0 Å². The Morgan fingerprint density at radius 2 is 1.90 bits per heavy atom. The number of aryl methyl sites for hydroxylation is 1. The average Bonchev–Trinajstić information content (AvgIpc) is 2.83. The van der Waals surface area contributed by atoms with Crippen molar-refractivity contribution < 1.29 is 0 Å². The lowest BCUT2D eigenvalue weighted by atomic mass is 10.1. The summed E-state index contributed by atoms with van der Waals surface area (Å²) in [6.45, 7) is 4.14. The molecular weight excluding hydrogens is 268 g/mol. The molecule has 0 radical (unpaired) electrons. The topological polar surface area (TPSA) is 53.6 Å². The van der Waals surface area contributed by atoms with E-state index in [0.717, 1.165) is 22.4 Å². The first kappa shape index (κ1) is 14.4. The van der Waals surface area contributed by atoms with Crippen molar-refractivity contribution in [2.75, 3.05) is 5.32 Å². The number of pyridine rings is 1. The molecule has 0 amide bonds. The maximum Gasteiger partial charge on any atom is 0.137 e. The Bertz CT molecular complexity index is 693. The van der Waals surface area contributed by atoms with Gasteiger partial charge >= 0.3 is 0 Å². The summed E-state index contributed by atoms with van der Waals surface area (Å²) in [6.07, 6.45) is 1.78. The molecule has 2 N–H and O–H groups in total. The zero-order chi connectivity index (χ0) is 13.2. The van der Waals surface area contributed by atoms with Crippen LogP contribution >= 0.6 is 13.5 Å². The zero-order valence-corrected chi connectivity index (χ0v) is 12.5. The van der Waals surface area contributed by atoms with E-state index < -0.39 is 0 Å². The Hall–Kier alpha value is -2.01. The number of hydrogen-bond donors (Lipinski definition) is 2. The Balaban J connectivity index is 0.00000147. The molecule has 1 atom stereocenters. The van der Waals surface area contributed by atoms with E-state index in [1.165, 1.54) is 5.56 Å². The number of aromatic amines is 1. The third kappa shape index (κ3) is 2.63. The van der Waals surface area contributed by atoms with Gasteiger partial charge in [0.05, 0.1) is 10.9 Å². The SMILES string of the molecule is Cc1[nH]nc2ccnc(N[C@@H](C)c3ccccc3)c12.S. The van der Waals surface area contributed by atoms with Crippen LogP contribution in [0.2, 0.25) is 0 Å². The molecule has 0 aliphatic rings. The summed E-state index contributed by atoms with van der Waals surface area (Å²) >= 11 is 0. The Morgan fingerprint density at radius 1 is 1.15 bits per heavy atom. The van der Waals surface area contributed by atoms with Crippen LogP contribution in [0, 0.1) is 6.92 Å². The molecular formula is C15H18N4S. The fraction of sp³-hybridized carbons (Fsp3) is 0.200. The van der Waals surface area contributed by atoms with Crippen LogP contribution in [0.25, 0.3) is 10.9 Å². The lowest BCUT2D eigenvalue weighted by Crippen LogP contribution is -2.08. The van der Waals surface area contributed by atoms with Gasteiger partial charge in [-0.2, -0.15) is 18.6 Å². The second-order valence-electron chi connectivity index (χ2n) is 4.68. The van der Waals surface area contributed by atoms with Gasteiger partial charge in [0.1, 0.15) is 5.82 Å². The van der Waals surface area contributed by atoms with Crippen LogP contribution in [0.3, 0.4) is 0 Å². The molecule has 2 heterocycles. The average molecular weight is 286 g/mol. The second-order valence-corrected chi connectivity index (χ2v) is 4.68. The molecule has 3 aromatic rings. The summed E-state index contributed by atoms with van der Waals surface area (Å²) in [7, 11) is 0. The molecule has 20 heavy (non-hydrogen) atoms. The van der Waals surface area contributed by atoms with Crippen molar-refractivity contribution in [3.63, 3.8) is 0 Å². The third-order valence-electron chi connectivity index (χ3n) is 3.30. The van der Waals surface area contributed by atoms with Gasteiger partial charge in [0.15, 0.2) is 0 Å². The first-order valence-electron chi connectivity index (χ1n) is 6.37. The van der Waals surface area contributed by atoms with Crippen molar-refractivity contribution in [1.82, 2.24) is 15.2 Å². The molecule has 0 bridgehead atoms. The minimum absolute atomic E-state index is 0. The standard InChI is InChI=1S/C15H16N4.H2S/c1-10(12-6-4-3-5-7-12)17-15-14-11(2)18-19-13(14)8-9-16-15;/h3-10H,1-2H3,(H,16,17)(H,18,19);1H2/t10-;/m0./s1. The minimum Gasteiger partial charge on any atom is -0.363 e. The summed E-state index contributed by atoms with van der Waals surface area (Å²) < 4.78 is 0. The number of fused-ring (bicyclic) bond motifs is 1. The Kier molecular flexibility index (Phi) is 4.29. The van der Waals surface area contributed by atoms with Crippen LogP contribution in [0.4, 0.5) is 5.82 Å². The van der Waals surface area contributed by atoms with E-state index in [-0.39, 0.29) is 19.5 Å².